The fraction of sp³-hybridized carbons (Fsp3) is 0.214. The number of nitrogens with one attached hydrogen (secondary N) is 1. The quantitative estimate of drug-likeness (QED) is 0.226. The van der Waals surface area contributed by atoms with Gasteiger partial charge in [0.05, 0.1) is 10.0 Å². The van der Waals surface area contributed by atoms with Gasteiger partial charge in [0.2, 0.25) is 0 Å². The Kier molecular flexibility index (Phi) is 6.41. The number of aromatic nitrogens is 1. The van der Waals surface area contributed by atoms with Crippen molar-refractivity contribution < 1.29 is 23.8 Å². The Morgan fingerprint density at radius 3 is 2.33 bits per heavy atom. The monoisotopic (exact) mass is 523 g/mol. The Labute approximate surface area is 218 Å². The van der Waals surface area contributed by atoms with Gasteiger partial charge in [0.1, 0.15) is 12.4 Å². The first kappa shape index (κ1) is 24.2. The number of hydrogen-bond donors (Lipinski definition) is 1. The molecule has 1 N–H and O–H groups in total. The Balaban J connectivity index is 1.47. The normalized spacial score (nSPS) is 16.4. The number of aromatic amines is 1. The van der Waals surface area contributed by atoms with Crippen molar-refractivity contribution in [2.24, 2.45) is 5.92 Å². The Bertz CT molecular complexity index is 1420. The van der Waals surface area contributed by atoms with Crippen molar-refractivity contribution in [2.75, 3.05) is 0 Å². The molecule has 36 heavy (non-hydrogen) atoms. The average Bonchev–Trinajstić information content (AvgIpc) is 3.26. The van der Waals surface area contributed by atoms with E-state index in [0.717, 1.165) is 27.6 Å². The van der Waals surface area contributed by atoms with E-state index in [4.69, 9.17) is 37.4 Å². The molecule has 0 spiro atoms. The van der Waals surface area contributed by atoms with E-state index in [1.165, 1.54) is 0 Å². The fourth-order valence-corrected chi connectivity index (χ4v) is 4.79. The van der Waals surface area contributed by atoms with Crippen LogP contribution in [0, 0.1) is 5.92 Å². The number of para-hydroxylation sites is 1. The summed E-state index contributed by atoms with van der Waals surface area (Å²) in [6.07, 6.45) is 1.82. The Hall–Kier alpha value is -3.48. The van der Waals surface area contributed by atoms with Crippen molar-refractivity contribution in [3.8, 4) is 5.75 Å². The standard InChI is InChI=1S/C28H23Cl2NO5/c1-28(2)35-26(32)25(27(33)36-28)24(20-14-31-23-6-4-3-5-19(20)23)17-8-10-18(11-9-17)34-15-16-7-12-21(29)22(30)13-16/h3-14,24-25,31H,15H2,1-2H3/t24-/m1/s1. The molecule has 8 heteroatoms. The molecule has 1 aliphatic heterocycles. The van der Waals surface area contributed by atoms with Gasteiger partial charge in [-0.2, -0.15) is 0 Å². The number of carbonyl (C=O) groups is 2. The highest BCUT2D eigenvalue weighted by Crippen LogP contribution is 2.41. The first-order valence-electron chi connectivity index (χ1n) is 11.4. The molecule has 0 unspecified atom stereocenters. The van der Waals surface area contributed by atoms with Gasteiger partial charge in [-0.3, -0.25) is 9.59 Å². The summed E-state index contributed by atoms with van der Waals surface area (Å²) in [6.45, 7) is 3.39. The molecule has 1 saturated heterocycles. The predicted molar refractivity (Wildman–Crippen MR) is 137 cm³/mol. The molecule has 0 bridgehead atoms. The van der Waals surface area contributed by atoms with E-state index in [0.29, 0.717) is 22.4 Å². The molecular formula is C28H23Cl2NO5. The maximum absolute atomic E-state index is 13.1. The maximum atomic E-state index is 13.1. The first-order chi connectivity index (χ1) is 17.2. The van der Waals surface area contributed by atoms with Crippen LogP contribution in [0.3, 0.4) is 0 Å². The summed E-state index contributed by atoms with van der Waals surface area (Å²) in [5.41, 5.74) is 3.33. The summed E-state index contributed by atoms with van der Waals surface area (Å²) < 4.78 is 16.8. The van der Waals surface area contributed by atoms with Crippen molar-refractivity contribution in [1.29, 1.82) is 0 Å². The van der Waals surface area contributed by atoms with Crippen LogP contribution in [-0.4, -0.2) is 22.7 Å². The smallest absolute Gasteiger partial charge is 0.324 e. The molecule has 1 aromatic heterocycles. The molecule has 5 rings (SSSR count). The molecular weight excluding hydrogens is 501 g/mol. The fourth-order valence-electron chi connectivity index (χ4n) is 4.47. The molecule has 2 heterocycles. The molecule has 1 aliphatic rings. The van der Waals surface area contributed by atoms with E-state index in [1.807, 2.05) is 48.7 Å². The van der Waals surface area contributed by atoms with Gasteiger partial charge in [0, 0.05) is 36.9 Å². The van der Waals surface area contributed by atoms with Gasteiger partial charge < -0.3 is 19.2 Å². The summed E-state index contributed by atoms with van der Waals surface area (Å²) in [5.74, 6) is -3.70. The van der Waals surface area contributed by atoms with Crippen molar-refractivity contribution in [2.45, 2.75) is 32.2 Å². The van der Waals surface area contributed by atoms with Crippen LogP contribution < -0.4 is 4.74 Å². The molecule has 0 saturated carbocycles. The number of carbonyl (C=O) groups excluding carboxylic acids is 2. The topological polar surface area (TPSA) is 77.6 Å². The number of ether oxygens (including phenoxy) is 3. The van der Waals surface area contributed by atoms with Crippen LogP contribution >= 0.6 is 23.2 Å². The highest BCUT2D eigenvalue weighted by molar-refractivity contribution is 6.42. The highest BCUT2D eigenvalue weighted by Gasteiger charge is 2.48. The Morgan fingerprint density at radius 1 is 0.944 bits per heavy atom. The number of hydrogen-bond acceptors (Lipinski definition) is 5. The van der Waals surface area contributed by atoms with E-state index in [-0.39, 0.29) is 0 Å². The van der Waals surface area contributed by atoms with Gasteiger partial charge in [-0.05, 0) is 47.0 Å². The highest BCUT2D eigenvalue weighted by atomic mass is 35.5. The lowest BCUT2D eigenvalue weighted by Crippen LogP contribution is -2.48. The molecule has 3 aromatic carbocycles. The molecule has 0 radical (unpaired) electrons. The zero-order valence-corrected chi connectivity index (χ0v) is 21.1. The van der Waals surface area contributed by atoms with Crippen LogP contribution in [0.25, 0.3) is 10.9 Å². The molecule has 184 valence electrons. The van der Waals surface area contributed by atoms with Crippen molar-refractivity contribution >= 4 is 46.0 Å². The molecule has 4 aromatic rings. The largest absolute Gasteiger partial charge is 0.489 e. The predicted octanol–water partition coefficient (Wildman–Crippen LogP) is 6.64. The van der Waals surface area contributed by atoms with Crippen LogP contribution in [0.2, 0.25) is 10.0 Å². The molecule has 0 aliphatic carbocycles. The van der Waals surface area contributed by atoms with Gasteiger partial charge >= 0.3 is 11.9 Å². The summed E-state index contributed by atoms with van der Waals surface area (Å²) in [5, 5.41) is 1.85. The van der Waals surface area contributed by atoms with Crippen LogP contribution in [0.1, 0.15) is 36.5 Å². The number of cyclic esters (lactones) is 2. The summed E-state index contributed by atoms with van der Waals surface area (Å²) >= 11 is 12.1. The number of halogens is 2. The minimum atomic E-state index is -1.31. The maximum Gasteiger partial charge on any atom is 0.324 e. The van der Waals surface area contributed by atoms with E-state index in [2.05, 4.69) is 4.98 Å². The summed E-state index contributed by atoms with van der Waals surface area (Å²) in [4.78, 5) is 29.4. The molecule has 6 nitrogen and oxygen atoms in total. The van der Waals surface area contributed by atoms with Crippen LogP contribution in [0.5, 0.6) is 5.75 Å². The number of fused-ring (bicyclic) bond motifs is 1. The van der Waals surface area contributed by atoms with Gasteiger partial charge in [-0.25, -0.2) is 0 Å². The zero-order valence-electron chi connectivity index (χ0n) is 19.6. The Morgan fingerprint density at radius 2 is 1.64 bits per heavy atom. The van der Waals surface area contributed by atoms with Crippen LogP contribution in [-0.2, 0) is 25.7 Å². The minimum absolute atomic E-state index is 0.304. The van der Waals surface area contributed by atoms with E-state index in [9.17, 15) is 9.59 Å². The summed E-state index contributed by atoms with van der Waals surface area (Å²) in [7, 11) is 0. The lowest BCUT2D eigenvalue weighted by molar-refractivity contribution is -0.240. The van der Waals surface area contributed by atoms with Gasteiger partial charge in [-0.1, -0.05) is 59.6 Å². The van der Waals surface area contributed by atoms with E-state index < -0.39 is 29.6 Å². The second-order valence-corrected chi connectivity index (χ2v) is 9.91. The third-order valence-electron chi connectivity index (χ3n) is 6.12. The third kappa shape index (κ3) is 4.79. The van der Waals surface area contributed by atoms with E-state index in [1.54, 1.807) is 38.1 Å². The van der Waals surface area contributed by atoms with Crippen molar-refractivity contribution in [3.05, 3.63) is 99.7 Å². The summed E-state index contributed by atoms with van der Waals surface area (Å²) in [6, 6.07) is 20.3. The third-order valence-corrected chi connectivity index (χ3v) is 6.86. The van der Waals surface area contributed by atoms with Crippen LogP contribution in [0.4, 0.5) is 0 Å². The lowest BCUT2D eigenvalue weighted by atomic mass is 9.80. The van der Waals surface area contributed by atoms with E-state index >= 15 is 0 Å². The number of benzene rings is 3. The average molecular weight is 524 g/mol. The second kappa shape index (κ2) is 9.52. The number of esters is 2. The van der Waals surface area contributed by atoms with Crippen molar-refractivity contribution in [1.82, 2.24) is 4.98 Å². The van der Waals surface area contributed by atoms with Gasteiger partial charge in [0.15, 0.2) is 5.92 Å². The SMILES string of the molecule is CC1(C)OC(=O)C([C@H](c2ccc(OCc3ccc(Cl)c(Cl)c3)cc2)c2c[nH]c3ccccc23)C(=O)O1. The van der Waals surface area contributed by atoms with Crippen molar-refractivity contribution in [3.63, 3.8) is 0 Å². The van der Waals surface area contributed by atoms with Gasteiger partial charge in [0.25, 0.3) is 5.79 Å². The second-order valence-electron chi connectivity index (χ2n) is 9.09. The minimum Gasteiger partial charge on any atom is -0.489 e. The van der Waals surface area contributed by atoms with Crippen LogP contribution in [0.15, 0.2) is 72.9 Å². The zero-order chi connectivity index (χ0) is 25.4. The first-order valence-corrected chi connectivity index (χ1v) is 12.2. The van der Waals surface area contributed by atoms with Gasteiger partial charge in [-0.15, -0.1) is 0 Å². The molecule has 0 amide bonds. The molecule has 1 atom stereocenters. The molecule has 1 fully saturated rings. The lowest BCUT2D eigenvalue weighted by Gasteiger charge is -2.36. The number of H-pyrrole nitrogens is 1. The number of rotatable bonds is 6.